The van der Waals surface area contributed by atoms with Crippen LogP contribution in [0.2, 0.25) is 0 Å². The van der Waals surface area contributed by atoms with Gasteiger partial charge in [0, 0.05) is 31.0 Å². The second-order valence-electron chi connectivity index (χ2n) is 6.59. The molecule has 0 bridgehead atoms. The lowest BCUT2D eigenvalue weighted by Gasteiger charge is -2.31. The van der Waals surface area contributed by atoms with Crippen LogP contribution in [0.3, 0.4) is 0 Å². The van der Waals surface area contributed by atoms with Crippen LogP contribution in [-0.2, 0) is 0 Å². The number of fused-ring (bicyclic) bond motifs is 1. The monoisotopic (exact) mass is 306 g/mol. The molecule has 2 aromatic heterocycles. The maximum absolute atomic E-state index is 4.76. The molecular weight excluding hydrogens is 284 g/mol. The van der Waals surface area contributed by atoms with Crippen LogP contribution in [0.4, 0.5) is 5.82 Å². The van der Waals surface area contributed by atoms with Crippen molar-refractivity contribution in [2.24, 2.45) is 5.92 Å². The minimum atomic E-state index is 0.818. The molecule has 0 radical (unpaired) electrons. The van der Waals surface area contributed by atoms with Gasteiger partial charge in [0.25, 0.3) is 0 Å². The van der Waals surface area contributed by atoms with Gasteiger partial charge < -0.3 is 4.90 Å². The summed E-state index contributed by atoms with van der Waals surface area (Å²) in [4.78, 5) is 7.05. The summed E-state index contributed by atoms with van der Waals surface area (Å²) < 4.78 is 1.96. The first-order valence-electron chi connectivity index (χ1n) is 8.38. The van der Waals surface area contributed by atoms with Gasteiger partial charge in [-0.05, 0) is 37.3 Å². The number of anilines is 1. The third-order valence-corrected chi connectivity index (χ3v) is 4.87. The molecule has 3 heterocycles. The Kier molecular flexibility index (Phi) is 3.52. The zero-order chi connectivity index (χ0) is 15.8. The average Bonchev–Trinajstić information content (AvgIpc) is 3.00. The van der Waals surface area contributed by atoms with Gasteiger partial charge in [-0.2, -0.15) is 5.10 Å². The smallest absolute Gasteiger partial charge is 0.154 e. The summed E-state index contributed by atoms with van der Waals surface area (Å²) in [7, 11) is 0. The van der Waals surface area contributed by atoms with Crippen molar-refractivity contribution in [3.05, 3.63) is 48.3 Å². The van der Waals surface area contributed by atoms with Crippen LogP contribution in [0.25, 0.3) is 16.8 Å². The van der Waals surface area contributed by atoms with Gasteiger partial charge in [-0.25, -0.2) is 9.50 Å². The van der Waals surface area contributed by atoms with Gasteiger partial charge in [-0.1, -0.05) is 31.2 Å². The number of nitrogens with zero attached hydrogens (tertiary/aromatic N) is 4. The molecule has 0 atom stereocenters. The number of aryl methyl sites for hydroxylation is 1. The Bertz CT molecular complexity index is 828. The minimum absolute atomic E-state index is 0.818. The normalized spacial score (nSPS) is 16.2. The molecule has 0 aliphatic carbocycles. The topological polar surface area (TPSA) is 33.4 Å². The third kappa shape index (κ3) is 2.58. The predicted molar refractivity (Wildman–Crippen MR) is 93.8 cm³/mol. The first-order chi connectivity index (χ1) is 11.2. The first kappa shape index (κ1) is 14.2. The van der Waals surface area contributed by atoms with Gasteiger partial charge >= 0.3 is 0 Å². The lowest BCUT2D eigenvalue weighted by Crippen LogP contribution is -2.33. The number of aromatic nitrogens is 3. The zero-order valence-electron chi connectivity index (χ0n) is 13.7. The lowest BCUT2D eigenvalue weighted by molar-refractivity contribution is 0.437. The van der Waals surface area contributed by atoms with Crippen LogP contribution in [0.15, 0.2) is 42.7 Å². The van der Waals surface area contributed by atoms with E-state index in [-0.39, 0.29) is 0 Å². The number of hydrogen-bond donors (Lipinski definition) is 0. The van der Waals surface area contributed by atoms with Crippen molar-refractivity contribution in [1.29, 1.82) is 0 Å². The highest BCUT2D eigenvalue weighted by atomic mass is 15.3. The van der Waals surface area contributed by atoms with E-state index in [9.17, 15) is 0 Å². The molecule has 23 heavy (non-hydrogen) atoms. The molecule has 1 fully saturated rings. The quantitative estimate of drug-likeness (QED) is 0.719. The average molecular weight is 306 g/mol. The van der Waals surface area contributed by atoms with Gasteiger partial charge in [-0.15, -0.1) is 0 Å². The van der Waals surface area contributed by atoms with Crippen LogP contribution >= 0.6 is 0 Å². The third-order valence-electron chi connectivity index (χ3n) is 4.87. The van der Waals surface area contributed by atoms with Crippen LogP contribution in [-0.4, -0.2) is 27.7 Å². The van der Waals surface area contributed by atoms with E-state index in [1.165, 1.54) is 24.0 Å². The summed E-state index contributed by atoms with van der Waals surface area (Å²) in [5.41, 5.74) is 4.55. The van der Waals surface area contributed by atoms with Crippen molar-refractivity contribution in [3.63, 3.8) is 0 Å². The molecular formula is C19H22N4. The van der Waals surface area contributed by atoms with Crippen molar-refractivity contribution < 1.29 is 0 Å². The summed E-state index contributed by atoms with van der Waals surface area (Å²) in [5, 5.41) is 4.76. The summed E-state index contributed by atoms with van der Waals surface area (Å²) in [5.74, 6) is 1.88. The largest absolute Gasteiger partial charge is 0.355 e. The van der Waals surface area contributed by atoms with Crippen molar-refractivity contribution >= 4 is 11.3 Å². The number of rotatable bonds is 2. The van der Waals surface area contributed by atoms with Gasteiger partial charge in [0.2, 0.25) is 0 Å². The second kappa shape index (κ2) is 5.69. The molecule has 1 aromatic carbocycles. The Balaban J connectivity index is 1.77. The summed E-state index contributed by atoms with van der Waals surface area (Å²) in [6.45, 7) is 6.63. The van der Waals surface area contributed by atoms with Crippen molar-refractivity contribution in [2.45, 2.75) is 26.7 Å². The number of benzene rings is 1. The molecule has 0 spiro atoms. The molecule has 4 nitrogen and oxygen atoms in total. The second-order valence-corrected chi connectivity index (χ2v) is 6.59. The molecule has 0 saturated carbocycles. The Morgan fingerprint density at radius 3 is 2.70 bits per heavy atom. The minimum Gasteiger partial charge on any atom is -0.355 e. The molecule has 0 N–H and O–H groups in total. The van der Waals surface area contributed by atoms with Gasteiger partial charge in [0.1, 0.15) is 5.52 Å². The molecule has 1 saturated heterocycles. The van der Waals surface area contributed by atoms with E-state index in [0.29, 0.717) is 0 Å². The summed E-state index contributed by atoms with van der Waals surface area (Å²) >= 11 is 0. The lowest BCUT2D eigenvalue weighted by atomic mass is 9.99. The molecule has 3 aromatic rings. The van der Waals surface area contributed by atoms with Crippen LogP contribution in [0, 0.1) is 12.8 Å². The highest BCUT2D eigenvalue weighted by Gasteiger charge is 2.20. The van der Waals surface area contributed by atoms with Crippen LogP contribution < -0.4 is 4.90 Å². The SMILES string of the molecule is Cc1ccccc1-c1cc2c(N3CCC(C)CC3)nccn2n1. The van der Waals surface area contributed by atoms with E-state index < -0.39 is 0 Å². The fraction of sp³-hybridized carbons (Fsp3) is 0.368. The summed E-state index contributed by atoms with van der Waals surface area (Å²) in [6.07, 6.45) is 6.27. The molecule has 118 valence electrons. The van der Waals surface area contributed by atoms with Crippen molar-refractivity contribution in [1.82, 2.24) is 14.6 Å². The van der Waals surface area contributed by atoms with E-state index in [4.69, 9.17) is 5.10 Å². The van der Waals surface area contributed by atoms with Gasteiger partial charge in [-0.3, -0.25) is 0 Å². The van der Waals surface area contributed by atoms with E-state index in [2.05, 4.69) is 54.1 Å². The van der Waals surface area contributed by atoms with Crippen LogP contribution in [0.1, 0.15) is 25.3 Å². The van der Waals surface area contributed by atoms with Crippen molar-refractivity contribution in [3.8, 4) is 11.3 Å². The molecule has 1 aliphatic heterocycles. The Morgan fingerprint density at radius 1 is 1.13 bits per heavy atom. The molecule has 0 amide bonds. The Morgan fingerprint density at radius 2 is 1.91 bits per heavy atom. The summed E-state index contributed by atoms with van der Waals surface area (Å²) in [6, 6.07) is 10.6. The first-order valence-corrected chi connectivity index (χ1v) is 8.38. The predicted octanol–water partition coefficient (Wildman–Crippen LogP) is 3.94. The van der Waals surface area contributed by atoms with E-state index in [1.807, 2.05) is 16.9 Å². The van der Waals surface area contributed by atoms with E-state index in [0.717, 1.165) is 36.0 Å². The van der Waals surface area contributed by atoms with Gasteiger partial charge in [0.15, 0.2) is 5.82 Å². The molecule has 4 rings (SSSR count). The maximum atomic E-state index is 4.76. The van der Waals surface area contributed by atoms with Crippen molar-refractivity contribution in [2.75, 3.05) is 18.0 Å². The zero-order valence-corrected chi connectivity index (χ0v) is 13.7. The van der Waals surface area contributed by atoms with Crippen LogP contribution in [0.5, 0.6) is 0 Å². The van der Waals surface area contributed by atoms with E-state index >= 15 is 0 Å². The number of piperidine rings is 1. The Labute approximate surface area is 136 Å². The molecule has 4 heteroatoms. The molecule has 1 aliphatic rings. The number of hydrogen-bond acceptors (Lipinski definition) is 3. The highest BCUT2D eigenvalue weighted by Crippen LogP contribution is 2.29. The standard InChI is InChI=1S/C19H22N4/c1-14-7-10-22(11-8-14)19-18-13-17(21-23(18)12-9-20-19)16-6-4-3-5-15(16)2/h3-6,9,12-14H,7-8,10-11H2,1-2H3. The van der Waals surface area contributed by atoms with Gasteiger partial charge in [0.05, 0.1) is 5.69 Å². The molecule has 0 unspecified atom stereocenters. The fourth-order valence-electron chi connectivity index (χ4n) is 3.36. The van der Waals surface area contributed by atoms with E-state index in [1.54, 1.807) is 0 Å². The Hall–Kier alpha value is -2.36. The maximum Gasteiger partial charge on any atom is 0.154 e. The fourth-order valence-corrected chi connectivity index (χ4v) is 3.36. The highest BCUT2D eigenvalue weighted by molar-refractivity contribution is 5.76.